The van der Waals surface area contributed by atoms with Crippen LogP contribution in [0, 0.1) is 0 Å². The lowest BCUT2D eigenvalue weighted by molar-refractivity contribution is -0.140. The first-order chi connectivity index (χ1) is 15.0. The second-order valence-electron chi connectivity index (χ2n) is 7.59. The van der Waals surface area contributed by atoms with E-state index in [1.807, 2.05) is 0 Å². The van der Waals surface area contributed by atoms with Gasteiger partial charge in [0, 0.05) is 31.9 Å². The predicted molar refractivity (Wildman–Crippen MR) is 103 cm³/mol. The molecule has 0 unspecified atom stereocenters. The number of fused-ring (bicyclic) bond motifs is 1. The number of alkyl halides is 5. The van der Waals surface area contributed by atoms with E-state index in [0.717, 1.165) is 17.1 Å². The van der Waals surface area contributed by atoms with Crippen LogP contribution in [0.5, 0.6) is 0 Å². The Labute approximate surface area is 177 Å². The number of rotatable bonds is 4. The maximum Gasteiger partial charge on any atom is 0.437 e. The summed E-state index contributed by atoms with van der Waals surface area (Å²) in [5.74, 6) is -3.71. The van der Waals surface area contributed by atoms with Gasteiger partial charge in [0.15, 0.2) is 11.3 Å². The largest absolute Gasteiger partial charge is 0.437 e. The van der Waals surface area contributed by atoms with Crippen molar-refractivity contribution in [2.24, 2.45) is 12.8 Å². The lowest BCUT2D eigenvalue weighted by atomic mass is 9.87. The number of nitrogens with two attached hydrogens (primary N) is 1. The van der Waals surface area contributed by atoms with Crippen molar-refractivity contribution >= 4 is 23.1 Å². The van der Waals surface area contributed by atoms with Crippen LogP contribution in [0.3, 0.4) is 0 Å². The van der Waals surface area contributed by atoms with Gasteiger partial charge < -0.3 is 16.4 Å². The maximum absolute atomic E-state index is 13.9. The van der Waals surface area contributed by atoms with E-state index in [-0.39, 0.29) is 29.9 Å². The van der Waals surface area contributed by atoms with E-state index < -0.39 is 41.5 Å². The highest BCUT2D eigenvalue weighted by Crippen LogP contribution is 2.34. The van der Waals surface area contributed by atoms with E-state index in [2.05, 4.69) is 25.8 Å². The molecule has 3 heterocycles. The Morgan fingerprint density at radius 3 is 2.81 bits per heavy atom. The molecule has 0 radical (unpaired) electrons. The Hall–Kier alpha value is -3.29. The molecule has 0 saturated heterocycles. The number of anilines is 2. The Morgan fingerprint density at radius 1 is 1.34 bits per heavy atom. The van der Waals surface area contributed by atoms with Gasteiger partial charge in [0.2, 0.25) is 0 Å². The zero-order chi connectivity index (χ0) is 23.3. The third kappa shape index (κ3) is 4.09. The number of amides is 1. The van der Waals surface area contributed by atoms with Crippen molar-refractivity contribution in [1.82, 2.24) is 24.4 Å². The number of carbonyl (C=O) groups excluding carboxylic acids is 1. The van der Waals surface area contributed by atoms with Crippen LogP contribution in [0.25, 0.3) is 5.65 Å². The standard InChI is InChI=1S/C18H19F5N8O/c1-30-8-11(14(29-30)18(21,22)23)27-16(32)9-7-25-31-6-4-12(28-15(9)31)26-10-3-2-5-17(19,20)13(10)24/h4,6-8,10,13H,2-3,5,24H2,1H3,(H,26,28)(H,27,32)/t10-,13-/m1/s1. The van der Waals surface area contributed by atoms with Crippen LogP contribution in [0.4, 0.5) is 33.5 Å². The highest BCUT2D eigenvalue weighted by molar-refractivity contribution is 6.08. The molecular weight excluding hydrogens is 439 g/mol. The first kappa shape index (κ1) is 21.9. The molecule has 4 rings (SSSR count). The van der Waals surface area contributed by atoms with Crippen LogP contribution in [0.15, 0.2) is 24.7 Å². The molecule has 0 spiro atoms. The average Bonchev–Trinajstić information content (AvgIpc) is 3.28. The third-order valence-electron chi connectivity index (χ3n) is 5.24. The van der Waals surface area contributed by atoms with Gasteiger partial charge in [-0.1, -0.05) is 0 Å². The molecule has 172 valence electrons. The molecule has 9 nitrogen and oxygen atoms in total. The minimum atomic E-state index is -4.76. The SMILES string of the molecule is Cn1cc(NC(=O)c2cnn3ccc(N[C@@H]4CCCC(F)(F)[C@@H]4N)nc23)c(C(F)(F)F)n1. The molecule has 14 heteroatoms. The van der Waals surface area contributed by atoms with Crippen LogP contribution >= 0.6 is 0 Å². The van der Waals surface area contributed by atoms with E-state index in [0.29, 0.717) is 6.42 Å². The molecule has 0 aromatic carbocycles. The molecule has 3 aromatic heterocycles. The molecule has 0 bridgehead atoms. The topological polar surface area (TPSA) is 115 Å². The fourth-order valence-electron chi connectivity index (χ4n) is 3.64. The van der Waals surface area contributed by atoms with E-state index in [4.69, 9.17) is 5.73 Å². The quantitative estimate of drug-likeness (QED) is 0.518. The minimum Gasteiger partial charge on any atom is -0.365 e. The minimum absolute atomic E-state index is 0.0288. The summed E-state index contributed by atoms with van der Waals surface area (Å²) in [7, 11) is 1.29. The Bertz CT molecular complexity index is 1150. The van der Waals surface area contributed by atoms with Crippen molar-refractivity contribution in [3.8, 4) is 0 Å². The van der Waals surface area contributed by atoms with E-state index in [1.54, 1.807) is 0 Å². The van der Waals surface area contributed by atoms with E-state index >= 15 is 0 Å². The van der Waals surface area contributed by atoms with E-state index in [9.17, 15) is 26.7 Å². The summed E-state index contributed by atoms with van der Waals surface area (Å²) in [4.78, 5) is 16.9. The summed E-state index contributed by atoms with van der Waals surface area (Å²) in [5, 5.41) is 12.3. The second-order valence-corrected chi connectivity index (χ2v) is 7.59. The zero-order valence-corrected chi connectivity index (χ0v) is 16.7. The van der Waals surface area contributed by atoms with Crippen molar-refractivity contribution in [2.75, 3.05) is 10.6 Å². The molecule has 0 aliphatic heterocycles. The first-order valence-corrected chi connectivity index (χ1v) is 9.62. The lowest BCUT2D eigenvalue weighted by Gasteiger charge is -2.36. The van der Waals surface area contributed by atoms with Crippen LogP contribution in [-0.2, 0) is 13.2 Å². The molecule has 1 saturated carbocycles. The number of aromatic nitrogens is 5. The third-order valence-corrected chi connectivity index (χ3v) is 5.24. The van der Waals surface area contributed by atoms with Gasteiger partial charge in [-0.3, -0.25) is 9.48 Å². The van der Waals surface area contributed by atoms with Gasteiger partial charge in [-0.05, 0) is 18.9 Å². The molecule has 1 aliphatic carbocycles. The monoisotopic (exact) mass is 458 g/mol. The summed E-state index contributed by atoms with van der Waals surface area (Å²) in [6, 6.07) is -0.670. The molecule has 1 aliphatic rings. The fourth-order valence-corrected chi connectivity index (χ4v) is 3.64. The number of halogens is 5. The molecule has 4 N–H and O–H groups in total. The number of carbonyl (C=O) groups is 1. The number of aryl methyl sites for hydroxylation is 1. The molecule has 2 atom stereocenters. The Balaban J connectivity index is 1.59. The molecular formula is C18H19F5N8O. The lowest BCUT2D eigenvalue weighted by Crippen LogP contribution is -2.55. The van der Waals surface area contributed by atoms with Gasteiger partial charge in [0.1, 0.15) is 11.4 Å². The number of hydrogen-bond acceptors (Lipinski definition) is 6. The van der Waals surface area contributed by atoms with Crippen molar-refractivity contribution in [1.29, 1.82) is 0 Å². The Kier molecular flexibility index (Phi) is 5.27. The van der Waals surface area contributed by atoms with E-state index in [1.165, 1.54) is 23.8 Å². The molecule has 32 heavy (non-hydrogen) atoms. The zero-order valence-electron chi connectivity index (χ0n) is 16.7. The van der Waals surface area contributed by atoms with Crippen molar-refractivity contribution in [2.45, 2.75) is 43.4 Å². The van der Waals surface area contributed by atoms with Crippen LogP contribution in [0.1, 0.15) is 35.3 Å². The summed E-state index contributed by atoms with van der Waals surface area (Å²) in [6.45, 7) is 0. The van der Waals surface area contributed by atoms with Crippen LogP contribution in [0.2, 0.25) is 0 Å². The highest BCUT2D eigenvalue weighted by Gasteiger charge is 2.44. The van der Waals surface area contributed by atoms with Crippen molar-refractivity contribution < 1.29 is 26.7 Å². The highest BCUT2D eigenvalue weighted by atomic mass is 19.4. The number of hydrogen-bond donors (Lipinski definition) is 3. The first-order valence-electron chi connectivity index (χ1n) is 9.62. The average molecular weight is 458 g/mol. The van der Waals surface area contributed by atoms with Gasteiger partial charge in [0.05, 0.1) is 17.9 Å². The van der Waals surface area contributed by atoms with Gasteiger partial charge in [0.25, 0.3) is 11.8 Å². The molecule has 1 fully saturated rings. The number of nitrogens with zero attached hydrogens (tertiary/aromatic N) is 5. The second kappa shape index (κ2) is 7.69. The Morgan fingerprint density at radius 2 is 2.09 bits per heavy atom. The van der Waals surface area contributed by atoms with Crippen molar-refractivity contribution in [3.05, 3.63) is 35.9 Å². The van der Waals surface area contributed by atoms with Crippen LogP contribution < -0.4 is 16.4 Å². The molecule has 3 aromatic rings. The predicted octanol–water partition coefficient (Wildman–Crippen LogP) is 2.66. The van der Waals surface area contributed by atoms with Crippen molar-refractivity contribution in [3.63, 3.8) is 0 Å². The van der Waals surface area contributed by atoms with Gasteiger partial charge in [-0.15, -0.1) is 0 Å². The maximum atomic E-state index is 13.9. The summed E-state index contributed by atoms with van der Waals surface area (Å²) < 4.78 is 69.4. The molecule has 1 amide bonds. The summed E-state index contributed by atoms with van der Waals surface area (Å²) in [5.41, 5.74) is 3.85. The normalized spacial score (nSPS) is 21.0. The number of nitrogens with one attached hydrogen (secondary N) is 2. The van der Waals surface area contributed by atoms with Gasteiger partial charge >= 0.3 is 6.18 Å². The van der Waals surface area contributed by atoms with Gasteiger partial charge in [-0.2, -0.15) is 23.4 Å². The van der Waals surface area contributed by atoms with Gasteiger partial charge in [-0.25, -0.2) is 18.3 Å². The smallest absolute Gasteiger partial charge is 0.365 e. The van der Waals surface area contributed by atoms with Crippen LogP contribution in [-0.4, -0.2) is 48.3 Å². The fraction of sp³-hybridized carbons (Fsp3) is 0.444. The summed E-state index contributed by atoms with van der Waals surface area (Å²) >= 11 is 0. The summed E-state index contributed by atoms with van der Waals surface area (Å²) in [6.07, 6.45) is -0.742.